The molecule has 0 radical (unpaired) electrons. The van der Waals surface area contributed by atoms with Crippen molar-refractivity contribution in [2.75, 3.05) is 24.8 Å². The van der Waals surface area contributed by atoms with Crippen LogP contribution in [-0.4, -0.2) is 31.3 Å². The van der Waals surface area contributed by atoms with Crippen molar-refractivity contribution in [1.29, 1.82) is 5.26 Å². The number of para-hydroxylation sites is 1. The van der Waals surface area contributed by atoms with Crippen molar-refractivity contribution in [1.82, 2.24) is 0 Å². The molecule has 1 N–H and O–H groups in total. The average molecular weight is 370 g/mol. The molecule has 0 fully saturated rings. The summed E-state index contributed by atoms with van der Waals surface area (Å²) in [6.07, 6.45) is 0. The first-order valence-corrected chi connectivity index (χ1v) is 8.74. The summed E-state index contributed by atoms with van der Waals surface area (Å²) >= 11 is 1.32. The number of hydrogen-bond acceptors (Lipinski definition) is 6. The van der Waals surface area contributed by atoms with Gasteiger partial charge in [0.25, 0.3) is 5.91 Å². The Morgan fingerprint density at radius 2 is 2.00 bits per heavy atom. The molecule has 134 valence electrons. The van der Waals surface area contributed by atoms with Gasteiger partial charge in [0.2, 0.25) is 0 Å². The lowest BCUT2D eigenvalue weighted by molar-refractivity contribution is -0.119. The molecule has 0 spiro atoms. The molecule has 0 bridgehead atoms. The molecule has 7 heteroatoms. The standard InChI is InChI=1S/C19H18N2O4S/c1-13-7-8-16(24-2)14(11-13)19(23)25-12-18(22)21-15-5-3-4-6-17(15)26-10-9-20/h3-8,11H,10,12H2,1-2H3,(H,21,22). The highest BCUT2D eigenvalue weighted by atomic mass is 32.2. The quantitative estimate of drug-likeness (QED) is 0.593. The number of rotatable bonds is 7. The Hall–Kier alpha value is -2.98. The van der Waals surface area contributed by atoms with E-state index >= 15 is 0 Å². The molecule has 1 amide bonds. The monoisotopic (exact) mass is 370 g/mol. The lowest BCUT2D eigenvalue weighted by Gasteiger charge is -2.11. The van der Waals surface area contributed by atoms with Crippen molar-refractivity contribution in [3.63, 3.8) is 0 Å². The number of benzene rings is 2. The van der Waals surface area contributed by atoms with Crippen LogP contribution in [0, 0.1) is 18.3 Å². The van der Waals surface area contributed by atoms with E-state index in [1.807, 2.05) is 25.1 Å². The fraction of sp³-hybridized carbons (Fsp3) is 0.211. The van der Waals surface area contributed by atoms with Crippen LogP contribution in [0.5, 0.6) is 5.75 Å². The number of carbonyl (C=O) groups excluding carboxylic acids is 2. The summed E-state index contributed by atoms with van der Waals surface area (Å²) in [5, 5.41) is 11.4. The fourth-order valence-electron chi connectivity index (χ4n) is 2.18. The number of thioether (sulfide) groups is 1. The number of nitriles is 1. The van der Waals surface area contributed by atoms with Crippen molar-refractivity contribution < 1.29 is 19.1 Å². The number of nitrogens with zero attached hydrogens (tertiary/aromatic N) is 1. The highest BCUT2D eigenvalue weighted by molar-refractivity contribution is 7.99. The van der Waals surface area contributed by atoms with Crippen LogP contribution in [-0.2, 0) is 9.53 Å². The molecular weight excluding hydrogens is 352 g/mol. The van der Waals surface area contributed by atoms with Gasteiger partial charge in [-0.2, -0.15) is 5.26 Å². The van der Waals surface area contributed by atoms with E-state index < -0.39 is 18.5 Å². The molecule has 0 saturated heterocycles. The van der Waals surface area contributed by atoms with Crippen LogP contribution >= 0.6 is 11.8 Å². The molecule has 0 unspecified atom stereocenters. The van der Waals surface area contributed by atoms with E-state index in [-0.39, 0.29) is 11.3 Å². The summed E-state index contributed by atoms with van der Waals surface area (Å²) in [7, 11) is 1.46. The number of ether oxygens (including phenoxy) is 2. The van der Waals surface area contributed by atoms with Crippen LogP contribution in [0.1, 0.15) is 15.9 Å². The van der Waals surface area contributed by atoms with E-state index in [9.17, 15) is 9.59 Å². The molecule has 0 heterocycles. The maximum Gasteiger partial charge on any atom is 0.342 e. The number of nitrogens with one attached hydrogen (secondary N) is 1. The van der Waals surface area contributed by atoms with E-state index in [2.05, 4.69) is 5.32 Å². The second kappa shape index (κ2) is 9.49. The summed E-state index contributed by atoms with van der Waals surface area (Å²) in [6.45, 7) is 1.42. The van der Waals surface area contributed by atoms with Crippen molar-refractivity contribution in [2.24, 2.45) is 0 Å². The largest absolute Gasteiger partial charge is 0.496 e. The molecule has 2 aromatic rings. The Morgan fingerprint density at radius 1 is 1.23 bits per heavy atom. The molecule has 0 aliphatic carbocycles. The number of anilines is 1. The topological polar surface area (TPSA) is 88.4 Å². The Balaban J connectivity index is 1.98. The molecule has 2 rings (SSSR count). The molecule has 0 aromatic heterocycles. The van der Waals surface area contributed by atoms with Crippen molar-refractivity contribution >= 4 is 29.3 Å². The van der Waals surface area contributed by atoms with Crippen LogP contribution in [0.3, 0.4) is 0 Å². The SMILES string of the molecule is COc1ccc(C)cc1C(=O)OCC(=O)Nc1ccccc1SCC#N. The lowest BCUT2D eigenvalue weighted by Crippen LogP contribution is -2.21. The maximum absolute atomic E-state index is 12.2. The van der Waals surface area contributed by atoms with Gasteiger partial charge < -0.3 is 14.8 Å². The third-order valence-electron chi connectivity index (χ3n) is 3.36. The highest BCUT2D eigenvalue weighted by Crippen LogP contribution is 2.26. The number of amides is 1. The summed E-state index contributed by atoms with van der Waals surface area (Å²) in [6, 6.07) is 14.3. The summed E-state index contributed by atoms with van der Waals surface area (Å²) in [5.41, 5.74) is 1.72. The highest BCUT2D eigenvalue weighted by Gasteiger charge is 2.16. The predicted molar refractivity (Wildman–Crippen MR) is 99.4 cm³/mol. The van der Waals surface area contributed by atoms with Gasteiger partial charge in [-0.1, -0.05) is 23.8 Å². The van der Waals surface area contributed by atoms with Gasteiger partial charge >= 0.3 is 5.97 Å². The Morgan fingerprint density at radius 3 is 2.73 bits per heavy atom. The van der Waals surface area contributed by atoms with Gasteiger partial charge in [0.1, 0.15) is 11.3 Å². The normalized spacial score (nSPS) is 9.88. The Labute approximate surface area is 156 Å². The zero-order valence-corrected chi connectivity index (χ0v) is 15.3. The van der Waals surface area contributed by atoms with Gasteiger partial charge in [-0.3, -0.25) is 4.79 Å². The van der Waals surface area contributed by atoms with E-state index in [1.165, 1.54) is 18.9 Å². The average Bonchev–Trinajstić information content (AvgIpc) is 2.65. The van der Waals surface area contributed by atoms with Crippen molar-refractivity contribution in [2.45, 2.75) is 11.8 Å². The second-order valence-corrected chi connectivity index (χ2v) is 6.29. The van der Waals surface area contributed by atoms with Crippen LogP contribution in [0.15, 0.2) is 47.4 Å². The number of aryl methyl sites for hydroxylation is 1. The van der Waals surface area contributed by atoms with Gasteiger partial charge in [-0.25, -0.2) is 4.79 Å². The number of carbonyl (C=O) groups is 2. The summed E-state index contributed by atoms with van der Waals surface area (Å²) in [4.78, 5) is 25.1. The van der Waals surface area contributed by atoms with Crippen molar-refractivity contribution in [3.8, 4) is 11.8 Å². The summed E-state index contributed by atoms with van der Waals surface area (Å²) in [5.74, 6) is -0.434. The molecule has 0 aliphatic rings. The first-order valence-electron chi connectivity index (χ1n) is 7.75. The Bertz CT molecular complexity index is 846. The van der Waals surface area contributed by atoms with Crippen LogP contribution in [0.2, 0.25) is 0 Å². The van der Waals surface area contributed by atoms with Gasteiger partial charge in [-0.05, 0) is 31.2 Å². The van der Waals surface area contributed by atoms with E-state index in [0.717, 1.165) is 10.5 Å². The second-order valence-electron chi connectivity index (χ2n) is 5.27. The minimum Gasteiger partial charge on any atom is -0.496 e. The zero-order chi connectivity index (χ0) is 18.9. The van der Waals surface area contributed by atoms with Gasteiger partial charge in [0, 0.05) is 4.90 Å². The Kier molecular flexibility index (Phi) is 7.06. The third-order valence-corrected chi connectivity index (χ3v) is 4.30. The van der Waals surface area contributed by atoms with Crippen LogP contribution in [0.25, 0.3) is 0 Å². The van der Waals surface area contributed by atoms with Gasteiger partial charge in [0.15, 0.2) is 6.61 Å². The maximum atomic E-state index is 12.2. The van der Waals surface area contributed by atoms with Crippen LogP contribution < -0.4 is 10.1 Å². The molecule has 0 atom stereocenters. The smallest absolute Gasteiger partial charge is 0.342 e. The van der Waals surface area contributed by atoms with Crippen LogP contribution in [0.4, 0.5) is 5.69 Å². The number of methoxy groups -OCH3 is 1. The lowest BCUT2D eigenvalue weighted by atomic mass is 10.1. The first kappa shape index (κ1) is 19.3. The van der Waals surface area contributed by atoms with Gasteiger partial charge in [-0.15, -0.1) is 11.8 Å². The number of esters is 1. The predicted octanol–water partition coefficient (Wildman–Crippen LogP) is 3.41. The minimum absolute atomic E-state index is 0.269. The zero-order valence-electron chi connectivity index (χ0n) is 14.4. The fourth-order valence-corrected chi connectivity index (χ4v) is 2.85. The first-order chi connectivity index (χ1) is 12.5. The molecule has 26 heavy (non-hydrogen) atoms. The molecule has 0 saturated carbocycles. The molecule has 2 aromatic carbocycles. The third kappa shape index (κ3) is 5.26. The summed E-state index contributed by atoms with van der Waals surface area (Å²) < 4.78 is 10.2. The molecular formula is C19H18N2O4S. The van der Waals surface area contributed by atoms with E-state index in [0.29, 0.717) is 11.4 Å². The van der Waals surface area contributed by atoms with E-state index in [1.54, 1.807) is 30.3 Å². The van der Waals surface area contributed by atoms with Crippen molar-refractivity contribution in [3.05, 3.63) is 53.6 Å². The molecule has 6 nitrogen and oxygen atoms in total. The minimum atomic E-state index is -0.632. The number of hydrogen-bond donors (Lipinski definition) is 1. The molecule has 0 aliphatic heterocycles. The van der Waals surface area contributed by atoms with Gasteiger partial charge in [0.05, 0.1) is 24.6 Å². The van der Waals surface area contributed by atoms with E-state index in [4.69, 9.17) is 14.7 Å².